The minimum absolute atomic E-state index is 0. The molecule has 4 heteroatoms. The van der Waals surface area contributed by atoms with E-state index in [1.807, 2.05) is 0 Å². The SMILES string of the molecule is CCCCCCCCCCCCCCCCCCOCC(O)C[N+]1(C)CCCC1.[I-]. The second kappa shape index (κ2) is 21.5. The van der Waals surface area contributed by atoms with Crippen LogP contribution in [-0.2, 0) is 4.74 Å². The third-order valence-electron chi connectivity index (χ3n) is 6.75. The molecule has 182 valence electrons. The highest BCUT2D eigenvalue weighted by Crippen LogP contribution is 2.17. The molecule has 0 aromatic heterocycles. The Labute approximate surface area is 206 Å². The van der Waals surface area contributed by atoms with Gasteiger partial charge in [0.2, 0.25) is 0 Å². The van der Waals surface area contributed by atoms with Gasteiger partial charge in [-0.25, -0.2) is 0 Å². The van der Waals surface area contributed by atoms with Crippen molar-refractivity contribution < 1.29 is 38.3 Å². The van der Waals surface area contributed by atoms with Gasteiger partial charge in [0.15, 0.2) is 0 Å². The van der Waals surface area contributed by atoms with E-state index in [4.69, 9.17) is 4.74 Å². The molecule has 0 aromatic rings. The van der Waals surface area contributed by atoms with E-state index in [-0.39, 0.29) is 30.1 Å². The highest BCUT2D eigenvalue weighted by molar-refractivity contribution is 4.58. The minimum atomic E-state index is -0.292. The number of rotatable bonds is 21. The number of likely N-dealkylation sites (tertiary alicyclic amines) is 1. The molecular weight excluding hydrogens is 485 g/mol. The Morgan fingerprint density at radius 1 is 0.700 bits per heavy atom. The van der Waals surface area contributed by atoms with Crippen LogP contribution in [0.25, 0.3) is 0 Å². The lowest BCUT2D eigenvalue weighted by Gasteiger charge is -2.31. The van der Waals surface area contributed by atoms with E-state index in [2.05, 4.69) is 14.0 Å². The maximum Gasteiger partial charge on any atom is 0.126 e. The zero-order valence-electron chi connectivity index (χ0n) is 20.5. The number of halogens is 1. The molecule has 0 radical (unpaired) electrons. The van der Waals surface area contributed by atoms with E-state index in [9.17, 15) is 5.11 Å². The largest absolute Gasteiger partial charge is 1.00 e. The highest BCUT2D eigenvalue weighted by atomic mass is 127. The van der Waals surface area contributed by atoms with Crippen molar-refractivity contribution in [3.63, 3.8) is 0 Å². The van der Waals surface area contributed by atoms with Gasteiger partial charge in [0.25, 0.3) is 0 Å². The zero-order valence-corrected chi connectivity index (χ0v) is 22.7. The molecule has 1 atom stereocenters. The number of ether oxygens (including phenoxy) is 1. The Kier molecular flexibility index (Phi) is 21.9. The first-order valence-corrected chi connectivity index (χ1v) is 13.3. The van der Waals surface area contributed by atoms with E-state index < -0.39 is 0 Å². The average Bonchev–Trinajstić information content (AvgIpc) is 3.12. The molecule has 1 saturated heterocycles. The van der Waals surface area contributed by atoms with E-state index in [0.717, 1.165) is 24.1 Å². The number of aliphatic hydroxyl groups is 1. The number of hydrogen-bond acceptors (Lipinski definition) is 2. The second-order valence-electron chi connectivity index (χ2n) is 9.99. The first kappa shape index (κ1) is 30.6. The van der Waals surface area contributed by atoms with Crippen LogP contribution in [0, 0.1) is 0 Å². The summed E-state index contributed by atoms with van der Waals surface area (Å²) in [7, 11) is 2.27. The fourth-order valence-corrected chi connectivity index (χ4v) is 4.81. The number of aliphatic hydroxyl groups excluding tert-OH is 1. The molecule has 30 heavy (non-hydrogen) atoms. The van der Waals surface area contributed by atoms with Crippen LogP contribution in [0.4, 0.5) is 0 Å². The van der Waals surface area contributed by atoms with Crippen LogP contribution in [0.2, 0.25) is 0 Å². The molecule has 1 aliphatic heterocycles. The molecule has 1 N–H and O–H groups in total. The third kappa shape index (κ3) is 18.2. The molecule has 3 nitrogen and oxygen atoms in total. The molecule has 1 unspecified atom stereocenters. The summed E-state index contributed by atoms with van der Waals surface area (Å²) >= 11 is 0. The smallest absolute Gasteiger partial charge is 0.126 e. The minimum Gasteiger partial charge on any atom is -1.00 e. The molecule has 1 fully saturated rings. The molecule has 0 aliphatic carbocycles. The molecular formula is C26H54INO2. The summed E-state index contributed by atoms with van der Waals surface area (Å²) in [5.41, 5.74) is 0. The molecule has 0 aromatic carbocycles. The summed E-state index contributed by atoms with van der Waals surface area (Å²) in [6.07, 6.45) is 24.7. The Hall–Kier alpha value is 0.610. The summed E-state index contributed by atoms with van der Waals surface area (Å²) in [5, 5.41) is 10.2. The Morgan fingerprint density at radius 2 is 1.10 bits per heavy atom. The lowest BCUT2D eigenvalue weighted by molar-refractivity contribution is -0.900. The number of nitrogens with zero attached hydrogens (tertiary/aromatic N) is 1. The summed E-state index contributed by atoms with van der Waals surface area (Å²) in [4.78, 5) is 0. The molecule has 1 rings (SSSR count). The molecule has 1 heterocycles. The van der Waals surface area contributed by atoms with Crippen molar-refractivity contribution >= 4 is 0 Å². The van der Waals surface area contributed by atoms with Crippen LogP contribution in [-0.4, -0.2) is 55.6 Å². The van der Waals surface area contributed by atoms with E-state index >= 15 is 0 Å². The highest BCUT2D eigenvalue weighted by Gasteiger charge is 2.29. The fourth-order valence-electron chi connectivity index (χ4n) is 4.81. The normalized spacial score (nSPS) is 16.5. The van der Waals surface area contributed by atoms with Crippen molar-refractivity contribution in [2.24, 2.45) is 0 Å². The van der Waals surface area contributed by atoms with Gasteiger partial charge in [-0.2, -0.15) is 0 Å². The van der Waals surface area contributed by atoms with Crippen LogP contribution >= 0.6 is 0 Å². The summed E-state index contributed by atoms with van der Waals surface area (Å²) in [5.74, 6) is 0. The van der Waals surface area contributed by atoms with Crippen molar-refractivity contribution in [2.75, 3.05) is 39.9 Å². The van der Waals surface area contributed by atoms with Crippen LogP contribution in [0.1, 0.15) is 122 Å². The van der Waals surface area contributed by atoms with Crippen LogP contribution in [0.5, 0.6) is 0 Å². The van der Waals surface area contributed by atoms with Gasteiger partial charge < -0.3 is 38.3 Å². The lowest BCUT2D eigenvalue weighted by atomic mass is 10.0. The lowest BCUT2D eigenvalue weighted by Crippen LogP contribution is -3.00. The van der Waals surface area contributed by atoms with Gasteiger partial charge in [-0.3, -0.25) is 0 Å². The first-order valence-electron chi connectivity index (χ1n) is 13.3. The van der Waals surface area contributed by atoms with Crippen LogP contribution < -0.4 is 24.0 Å². The molecule has 1 aliphatic rings. The maximum atomic E-state index is 10.2. The third-order valence-corrected chi connectivity index (χ3v) is 6.75. The van der Waals surface area contributed by atoms with Gasteiger partial charge in [-0.15, -0.1) is 0 Å². The van der Waals surface area contributed by atoms with Crippen molar-refractivity contribution in [2.45, 2.75) is 129 Å². The van der Waals surface area contributed by atoms with Gasteiger partial charge in [0.05, 0.1) is 26.7 Å². The molecule has 0 spiro atoms. The van der Waals surface area contributed by atoms with Gasteiger partial charge in [-0.05, 0) is 6.42 Å². The predicted molar refractivity (Wildman–Crippen MR) is 126 cm³/mol. The van der Waals surface area contributed by atoms with Crippen LogP contribution in [0.15, 0.2) is 0 Å². The predicted octanol–water partition coefficient (Wildman–Crippen LogP) is 3.87. The van der Waals surface area contributed by atoms with Crippen LogP contribution in [0.3, 0.4) is 0 Å². The van der Waals surface area contributed by atoms with Crippen molar-refractivity contribution in [3.8, 4) is 0 Å². The second-order valence-corrected chi connectivity index (χ2v) is 9.99. The summed E-state index contributed by atoms with van der Waals surface area (Å²) in [6, 6.07) is 0. The standard InChI is InChI=1S/C26H54NO2.HI/c1-3-4-5-6-7-8-9-10-11-12-13-14-15-16-17-20-23-29-25-26(28)24-27(2)21-18-19-22-27;/h26,28H,3-25H2,1-2H3;1H/q+1;/p-1. The van der Waals surface area contributed by atoms with Crippen molar-refractivity contribution in [3.05, 3.63) is 0 Å². The zero-order chi connectivity index (χ0) is 21.0. The topological polar surface area (TPSA) is 29.5 Å². The Morgan fingerprint density at radius 3 is 1.53 bits per heavy atom. The molecule has 0 amide bonds. The van der Waals surface area contributed by atoms with E-state index in [0.29, 0.717) is 6.61 Å². The van der Waals surface area contributed by atoms with E-state index in [1.54, 1.807) is 0 Å². The first-order chi connectivity index (χ1) is 14.2. The Balaban J connectivity index is 0.00000841. The van der Waals surface area contributed by atoms with Gasteiger partial charge in [0, 0.05) is 19.4 Å². The maximum absolute atomic E-state index is 10.2. The number of quaternary nitrogens is 1. The van der Waals surface area contributed by atoms with Gasteiger partial charge in [0.1, 0.15) is 12.6 Å². The fraction of sp³-hybridized carbons (Fsp3) is 1.00. The molecule has 0 saturated carbocycles. The quantitative estimate of drug-likeness (QED) is 0.136. The number of hydrogen-bond donors (Lipinski definition) is 1. The van der Waals surface area contributed by atoms with Gasteiger partial charge >= 0.3 is 0 Å². The monoisotopic (exact) mass is 539 g/mol. The number of unbranched alkanes of at least 4 members (excludes halogenated alkanes) is 15. The number of likely N-dealkylation sites (N-methyl/N-ethyl adjacent to an activating group) is 1. The van der Waals surface area contributed by atoms with Crippen molar-refractivity contribution in [1.29, 1.82) is 0 Å². The summed E-state index contributed by atoms with van der Waals surface area (Å²) in [6.45, 7) is 6.93. The molecule has 0 bridgehead atoms. The van der Waals surface area contributed by atoms with Gasteiger partial charge in [-0.1, -0.05) is 103 Å². The average molecular weight is 540 g/mol. The Bertz CT molecular complexity index is 348. The summed E-state index contributed by atoms with van der Waals surface area (Å²) < 4.78 is 6.74. The van der Waals surface area contributed by atoms with E-state index in [1.165, 1.54) is 122 Å². The van der Waals surface area contributed by atoms with Crippen molar-refractivity contribution in [1.82, 2.24) is 0 Å².